The molecule has 3 aromatic rings. The van der Waals surface area contributed by atoms with E-state index in [4.69, 9.17) is 10.00 Å². The molecule has 0 bridgehead atoms. The minimum Gasteiger partial charge on any atom is -0.457 e. The monoisotopic (exact) mass is 377 g/mol. The lowest BCUT2D eigenvalue weighted by Crippen LogP contribution is -2.13. The van der Waals surface area contributed by atoms with Crippen LogP contribution < -0.4 is 10.1 Å². The summed E-state index contributed by atoms with van der Waals surface area (Å²) in [7, 11) is 0. The number of para-hydroxylation sites is 1. The maximum Gasteiger partial charge on any atom is 0.270 e. The number of nitrogens with zero attached hydrogens (tertiary/aromatic N) is 2. The SMILES string of the molecule is N#Cc1cc(NC(=O)c2cc([N+](=O)[O-])ccc2Oc2ccccc2)ccc1F. The number of nitrogens with one attached hydrogen (secondary N) is 1. The molecule has 0 aliphatic carbocycles. The topological polar surface area (TPSA) is 105 Å². The second-order valence-corrected chi connectivity index (χ2v) is 5.61. The third-order valence-corrected chi connectivity index (χ3v) is 3.73. The first-order valence-corrected chi connectivity index (χ1v) is 8.00. The number of carbonyl (C=O) groups excluding carboxylic acids is 1. The van der Waals surface area contributed by atoms with Gasteiger partial charge in [-0.15, -0.1) is 0 Å². The Morgan fingerprint density at radius 1 is 1.11 bits per heavy atom. The molecule has 0 saturated carbocycles. The molecule has 1 N–H and O–H groups in total. The van der Waals surface area contributed by atoms with Crippen LogP contribution in [0, 0.1) is 27.3 Å². The number of ether oxygens (including phenoxy) is 1. The molecule has 3 aromatic carbocycles. The number of halogens is 1. The highest BCUT2D eigenvalue weighted by Crippen LogP contribution is 2.29. The summed E-state index contributed by atoms with van der Waals surface area (Å²) in [5.74, 6) is -0.870. The number of benzene rings is 3. The lowest BCUT2D eigenvalue weighted by atomic mass is 10.1. The lowest BCUT2D eigenvalue weighted by Gasteiger charge is -2.12. The summed E-state index contributed by atoms with van der Waals surface area (Å²) < 4.78 is 19.1. The number of hydrogen-bond donors (Lipinski definition) is 1. The van der Waals surface area contributed by atoms with Gasteiger partial charge >= 0.3 is 0 Å². The molecular weight excluding hydrogens is 365 g/mol. The number of non-ortho nitro benzene ring substituents is 1. The van der Waals surface area contributed by atoms with Gasteiger partial charge in [0.1, 0.15) is 23.4 Å². The van der Waals surface area contributed by atoms with Crippen molar-refractivity contribution in [1.29, 1.82) is 5.26 Å². The first-order chi connectivity index (χ1) is 13.5. The Morgan fingerprint density at radius 2 is 1.86 bits per heavy atom. The highest BCUT2D eigenvalue weighted by atomic mass is 19.1. The molecule has 0 radical (unpaired) electrons. The fourth-order valence-corrected chi connectivity index (χ4v) is 2.40. The molecule has 0 atom stereocenters. The fourth-order valence-electron chi connectivity index (χ4n) is 2.40. The van der Waals surface area contributed by atoms with Gasteiger partial charge in [0.25, 0.3) is 11.6 Å². The summed E-state index contributed by atoms with van der Waals surface area (Å²) in [5, 5.41) is 22.5. The van der Waals surface area contributed by atoms with Crippen molar-refractivity contribution in [3.05, 3.63) is 93.8 Å². The number of carbonyl (C=O) groups is 1. The minimum atomic E-state index is -0.719. The number of anilines is 1. The molecule has 7 nitrogen and oxygen atoms in total. The molecule has 0 unspecified atom stereocenters. The third-order valence-electron chi connectivity index (χ3n) is 3.73. The van der Waals surface area contributed by atoms with Gasteiger partial charge in [-0.1, -0.05) is 18.2 Å². The van der Waals surface area contributed by atoms with Gasteiger partial charge in [0.15, 0.2) is 0 Å². The fraction of sp³-hybridized carbons (Fsp3) is 0. The van der Waals surface area contributed by atoms with Gasteiger partial charge in [0.2, 0.25) is 0 Å². The van der Waals surface area contributed by atoms with E-state index in [9.17, 15) is 19.3 Å². The first-order valence-electron chi connectivity index (χ1n) is 8.00. The van der Waals surface area contributed by atoms with E-state index in [1.54, 1.807) is 36.4 Å². The molecule has 0 aliphatic heterocycles. The van der Waals surface area contributed by atoms with Gasteiger partial charge in [0.05, 0.1) is 16.1 Å². The van der Waals surface area contributed by atoms with Gasteiger partial charge < -0.3 is 10.1 Å². The molecule has 28 heavy (non-hydrogen) atoms. The van der Waals surface area contributed by atoms with Crippen LogP contribution in [0.5, 0.6) is 11.5 Å². The van der Waals surface area contributed by atoms with Crippen LogP contribution in [0.1, 0.15) is 15.9 Å². The van der Waals surface area contributed by atoms with Gasteiger partial charge in [-0.05, 0) is 36.4 Å². The Kier molecular flexibility index (Phi) is 5.28. The smallest absolute Gasteiger partial charge is 0.270 e. The van der Waals surface area contributed by atoms with Crippen LogP contribution in [0.15, 0.2) is 66.7 Å². The zero-order valence-corrected chi connectivity index (χ0v) is 14.3. The number of nitriles is 1. The maximum atomic E-state index is 13.4. The normalized spacial score (nSPS) is 10.0. The van der Waals surface area contributed by atoms with Gasteiger partial charge in [-0.3, -0.25) is 14.9 Å². The molecule has 0 saturated heterocycles. The van der Waals surface area contributed by atoms with Crippen molar-refractivity contribution in [2.75, 3.05) is 5.32 Å². The molecule has 0 heterocycles. The van der Waals surface area contributed by atoms with Crippen molar-refractivity contribution in [3.8, 4) is 17.6 Å². The van der Waals surface area contributed by atoms with Crippen LogP contribution >= 0.6 is 0 Å². The predicted octanol–water partition coefficient (Wildman–Crippen LogP) is 4.65. The Morgan fingerprint density at radius 3 is 2.54 bits per heavy atom. The highest BCUT2D eigenvalue weighted by Gasteiger charge is 2.19. The minimum absolute atomic E-state index is 0.0825. The number of nitro groups is 1. The van der Waals surface area contributed by atoms with Crippen molar-refractivity contribution in [2.24, 2.45) is 0 Å². The molecule has 8 heteroatoms. The van der Waals surface area contributed by atoms with Crippen molar-refractivity contribution in [2.45, 2.75) is 0 Å². The number of rotatable bonds is 5. The van der Waals surface area contributed by atoms with E-state index in [1.165, 1.54) is 24.3 Å². The Hall–Kier alpha value is -4.25. The average molecular weight is 377 g/mol. The predicted molar refractivity (Wildman–Crippen MR) is 98.7 cm³/mol. The van der Waals surface area contributed by atoms with Crippen molar-refractivity contribution >= 4 is 17.3 Å². The van der Waals surface area contributed by atoms with Crippen LogP contribution in [0.25, 0.3) is 0 Å². The van der Waals surface area contributed by atoms with Crippen LogP contribution in [-0.4, -0.2) is 10.8 Å². The average Bonchev–Trinajstić information content (AvgIpc) is 2.70. The zero-order chi connectivity index (χ0) is 20.1. The molecule has 1 amide bonds. The molecule has 0 fully saturated rings. The largest absolute Gasteiger partial charge is 0.457 e. The van der Waals surface area contributed by atoms with E-state index < -0.39 is 16.6 Å². The van der Waals surface area contributed by atoms with Crippen LogP contribution in [-0.2, 0) is 0 Å². The number of hydrogen-bond acceptors (Lipinski definition) is 5. The highest BCUT2D eigenvalue weighted by molar-refractivity contribution is 6.06. The second-order valence-electron chi connectivity index (χ2n) is 5.61. The Bertz CT molecular complexity index is 1090. The number of amides is 1. The van der Waals surface area contributed by atoms with E-state index >= 15 is 0 Å². The standard InChI is InChI=1S/C20H12FN3O4/c21-18-8-6-14(10-13(18)12-22)23-20(25)17-11-15(24(26)27)7-9-19(17)28-16-4-2-1-3-5-16/h1-11H,(H,23,25). The molecule has 0 spiro atoms. The Balaban J connectivity index is 1.95. The molecular formula is C20H12FN3O4. The quantitative estimate of drug-likeness (QED) is 0.515. The summed E-state index contributed by atoms with van der Waals surface area (Å²) in [4.78, 5) is 23.1. The maximum absolute atomic E-state index is 13.4. The van der Waals surface area contributed by atoms with Crippen molar-refractivity contribution in [1.82, 2.24) is 0 Å². The van der Waals surface area contributed by atoms with Crippen LogP contribution in [0.4, 0.5) is 15.8 Å². The lowest BCUT2D eigenvalue weighted by molar-refractivity contribution is -0.384. The number of nitro benzene ring substituents is 1. The van der Waals surface area contributed by atoms with Gasteiger partial charge in [0, 0.05) is 17.8 Å². The third kappa shape index (κ3) is 4.11. The van der Waals surface area contributed by atoms with Crippen molar-refractivity contribution in [3.63, 3.8) is 0 Å². The summed E-state index contributed by atoms with van der Waals surface area (Å²) in [5.41, 5.74) is -0.444. The van der Waals surface area contributed by atoms with E-state index in [0.29, 0.717) is 5.75 Å². The van der Waals surface area contributed by atoms with E-state index in [-0.39, 0.29) is 28.3 Å². The van der Waals surface area contributed by atoms with Gasteiger partial charge in [-0.25, -0.2) is 4.39 Å². The van der Waals surface area contributed by atoms with Crippen molar-refractivity contribution < 1.29 is 18.8 Å². The zero-order valence-electron chi connectivity index (χ0n) is 14.3. The molecule has 0 aromatic heterocycles. The molecule has 0 aliphatic rings. The molecule has 138 valence electrons. The Labute approximate surface area is 158 Å². The van der Waals surface area contributed by atoms with Gasteiger partial charge in [-0.2, -0.15) is 5.26 Å². The van der Waals surface area contributed by atoms with Crippen LogP contribution in [0.2, 0.25) is 0 Å². The summed E-state index contributed by atoms with van der Waals surface area (Å²) >= 11 is 0. The van der Waals surface area contributed by atoms with E-state index in [1.807, 2.05) is 0 Å². The van der Waals surface area contributed by atoms with E-state index in [2.05, 4.69) is 5.32 Å². The molecule has 3 rings (SSSR count). The second kappa shape index (κ2) is 7.97. The van der Waals surface area contributed by atoms with E-state index in [0.717, 1.165) is 12.1 Å². The first kappa shape index (κ1) is 18.5. The summed E-state index contributed by atoms with van der Waals surface area (Å²) in [6.45, 7) is 0. The summed E-state index contributed by atoms with van der Waals surface area (Å²) in [6, 6.07) is 17.4. The summed E-state index contributed by atoms with van der Waals surface area (Å²) in [6.07, 6.45) is 0. The van der Waals surface area contributed by atoms with Crippen LogP contribution in [0.3, 0.4) is 0 Å².